The lowest BCUT2D eigenvalue weighted by atomic mass is 10.3. The van der Waals surface area contributed by atoms with Crippen LogP contribution in [0.3, 0.4) is 0 Å². The largest absolute Gasteiger partial charge is 0.379 e. The fourth-order valence-corrected chi connectivity index (χ4v) is 5.52. The van der Waals surface area contributed by atoms with Crippen molar-refractivity contribution in [2.45, 2.75) is 9.24 Å². The topological polar surface area (TPSA) is 93.6 Å². The van der Waals surface area contributed by atoms with Crippen LogP contribution in [0.25, 0.3) is 10.2 Å². The highest BCUT2D eigenvalue weighted by Crippen LogP contribution is 2.28. The molecule has 0 unspecified atom stereocenters. The first kappa shape index (κ1) is 15.8. The second kappa shape index (κ2) is 5.53. The van der Waals surface area contributed by atoms with Gasteiger partial charge in [0.15, 0.2) is 0 Å². The average Bonchev–Trinajstić information content (AvgIpc) is 2.91. The maximum atomic E-state index is 12.6. The van der Waals surface area contributed by atoms with Crippen LogP contribution in [0.4, 0.5) is 0 Å². The van der Waals surface area contributed by atoms with E-state index in [1.54, 1.807) is 0 Å². The van der Waals surface area contributed by atoms with Crippen molar-refractivity contribution in [1.82, 2.24) is 9.29 Å². The summed E-state index contributed by atoms with van der Waals surface area (Å²) >= 11 is 0.974. The van der Waals surface area contributed by atoms with Crippen LogP contribution in [-0.2, 0) is 24.6 Å². The van der Waals surface area contributed by atoms with Crippen LogP contribution >= 0.6 is 11.3 Å². The fraction of sp³-hybridized carbons (Fsp3) is 0.417. The van der Waals surface area contributed by atoms with Gasteiger partial charge in [0.25, 0.3) is 0 Å². The van der Waals surface area contributed by atoms with Gasteiger partial charge in [0.1, 0.15) is 0 Å². The molecule has 0 N–H and O–H groups in total. The van der Waals surface area contributed by atoms with E-state index in [9.17, 15) is 16.8 Å². The van der Waals surface area contributed by atoms with Gasteiger partial charge in [-0.3, -0.25) is 0 Å². The Bertz CT molecular complexity index is 911. The zero-order chi connectivity index (χ0) is 16.0. The van der Waals surface area contributed by atoms with Gasteiger partial charge in [-0.25, -0.2) is 21.8 Å². The van der Waals surface area contributed by atoms with Gasteiger partial charge in [-0.05, 0) is 18.2 Å². The monoisotopic (exact) mass is 362 g/mol. The molecule has 0 spiro atoms. The van der Waals surface area contributed by atoms with E-state index < -0.39 is 19.9 Å². The lowest BCUT2D eigenvalue weighted by molar-refractivity contribution is 0.0730. The minimum atomic E-state index is -3.60. The van der Waals surface area contributed by atoms with E-state index in [1.165, 1.54) is 22.5 Å². The first-order valence-corrected chi connectivity index (χ1v) is 10.6. The molecule has 2 aromatic rings. The molecule has 1 aromatic heterocycles. The Labute approximate surface area is 132 Å². The van der Waals surface area contributed by atoms with Crippen molar-refractivity contribution < 1.29 is 21.6 Å². The summed E-state index contributed by atoms with van der Waals surface area (Å²) in [6.07, 6.45) is 1.08. The van der Waals surface area contributed by atoms with E-state index in [0.29, 0.717) is 36.5 Å². The molecule has 1 aromatic carbocycles. The average molecular weight is 362 g/mol. The first-order valence-electron chi connectivity index (χ1n) is 6.47. The summed E-state index contributed by atoms with van der Waals surface area (Å²) in [4.78, 5) is 4.17. The third kappa shape index (κ3) is 2.88. The molecular formula is C12H14N2O5S3. The third-order valence-corrected chi connectivity index (χ3v) is 7.86. The molecule has 1 aliphatic rings. The molecule has 0 amide bonds. The number of hydrogen-bond donors (Lipinski definition) is 0. The molecule has 22 heavy (non-hydrogen) atoms. The minimum absolute atomic E-state index is 0.0107. The lowest BCUT2D eigenvalue weighted by Gasteiger charge is -2.25. The number of nitrogens with zero attached hydrogens (tertiary/aromatic N) is 2. The SMILES string of the molecule is CS(=O)(=O)c1nc2ccc(S(=O)(=O)N3CCOCC3)cc2s1. The van der Waals surface area contributed by atoms with E-state index in [2.05, 4.69) is 4.98 Å². The van der Waals surface area contributed by atoms with Crippen molar-refractivity contribution in [1.29, 1.82) is 0 Å². The molecule has 2 heterocycles. The number of benzene rings is 1. The van der Waals surface area contributed by atoms with Crippen LogP contribution in [0.5, 0.6) is 0 Å². The predicted molar refractivity (Wildman–Crippen MR) is 82.3 cm³/mol. The highest BCUT2D eigenvalue weighted by molar-refractivity contribution is 7.92. The first-order chi connectivity index (χ1) is 10.3. The van der Waals surface area contributed by atoms with Gasteiger partial charge >= 0.3 is 0 Å². The van der Waals surface area contributed by atoms with Crippen molar-refractivity contribution in [2.75, 3.05) is 32.6 Å². The molecule has 7 nitrogen and oxygen atoms in total. The zero-order valence-electron chi connectivity index (χ0n) is 11.7. The fourth-order valence-electron chi connectivity index (χ4n) is 2.14. The number of aromatic nitrogens is 1. The molecule has 3 rings (SSSR count). The van der Waals surface area contributed by atoms with Crippen molar-refractivity contribution in [3.05, 3.63) is 18.2 Å². The number of sulfonamides is 1. The van der Waals surface area contributed by atoms with Gasteiger partial charge in [0.05, 0.1) is 28.3 Å². The van der Waals surface area contributed by atoms with Crippen molar-refractivity contribution >= 4 is 41.4 Å². The number of rotatable bonds is 3. The molecule has 1 aliphatic heterocycles. The van der Waals surface area contributed by atoms with Gasteiger partial charge in [-0.15, -0.1) is 11.3 Å². The molecular weight excluding hydrogens is 348 g/mol. The van der Waals surface area contributed by atoms with Crippen LogP contribution in [0.15, 0.2) is 27.4 Å². The van der Waals surface area contributed by atoms with Gasteiger partial charge in [0.2, 0.25) is 24.2 Å². The summed E-state index contributed by atoms with van der Waals surface area (Å²) in [5, 5.41) is 0. The number of hydrogen-bond acceptors (Lipinski definition) is 7. The molecule has 1 fully saturated rings. The highest BCUT2D eigenvalue weighted by atomic mass is 32.2. The molecule has 0 radical (unpaired) electrons. The van der Waals surface area contributed by atoms with Crippen LogP contribution in [0, 0.1) is 0 Å². The molecule has 10 heteroatoms. The Morgan fingerprint density at radius 3 is 2.50 bits per heavy atom. The normalized spacial score (nSPS) is 17.9. The van der Waals surface area contributed by atoms with E-state index in [0.717, 1.165) is 17.6 Å². The van der Waals surface area contributed by atoms with Gasteiger partial charge < -0.3 is 4.74 Å². The van der Waals surface area contributed by atoms with E-state index >= 15 is 0 Å². The molecule has 0 saturated carbocycles. The maximum absolute atomic E-state index is 12.6. The quantitative estimate of drug-likeness (QED) is 0.799. The summed E-state index contributed by atoms with van der Waals surface area (Å²) in [5.74, 6) is 0. The predicted octanol–water partition coefficient (Wildman–Crippen LogP) is 0.721. The summed E-state index contributed by atoms with van der Waals surface area (Å²) in [5.41, 5.74) is 0.478. The second-order valence-electron chi connectivity index (χ2n) is 4.90. The Balaban J connectivity index is 2.04. The smallest absolute Gasteiger partial charge is 0.243 e. The highest BCUT2D eigenvalue weighted by Gasteiger charge is 2.27. The van der Waals surface area contributed by atoms with E-state index in [1.807, 2.05) is 0 Å². The van der Waals surface area contributed by atoms with Gasteiger partial charge in [0, 0.05) is 19.3 Å². The number of fused-ring (bicyclic) bond motifs is 1. The number of sulfone groups is 1. The van der Waals surface area contributed by atoms with Crippen LogP contribution in [0.1, 0.15) is 0 Å². The van der Waals surface area contributed by atoms with Crippen LogP contribution in [0.2, 0.25) is 0 Å². The summed E-state index contributed by atoms with van der Waals surface area (Å²) in [6.45, 7) is 1.38. The molecule has 120 valence electrons. The lowest BCUT2D eigenvalue weighted by Crippen LogP contribution is -2.40. The zero-order valence-corrected chi connectivity index (χ0v) is 14.2. The molecule has 0 bridgehead atoms. The van der Waals surface area contributed by atoms with Crippen molar-refractivity contribution in [3.63, 3.8) is 0 Å². The number of thiazole rings is 1. The number of ether oxygens (including phenoxy) is 1. The summed E-state index contributed by atoms with van der Waals surface area (Å²) in [7, 11) is -7.00. The van der Waals surface area contributed by atoms with E-state index in [4.69, 9.17) is 4.74 Å². The number of morpholine rings is 1. The summed E-state index contributed by atoms with van der Waals surface area (Å²) in [6, 6.07) is 4.47. The maximum Gasteiger partial charge on any atom is 0.243 e. The van der Waals surface area contributed by atoms with Crippen LogP contribution < -0.4 is 0 Å². The molecule has 0 atom stereocenters. The standard InChI is InChI=1S/C12H14N2O5S3/c1-21(15,16)12-13-10-3-2-9(8-11(10)20-12)22(17,18)14-4-6-19-7-5-14/h2-3,8H,4-7H2,1H3. The third-order valence-electron chi connectivity index (χ3n) is 3.27. The van der Waals surface area contributed by atoms with E-state index in [-0.39, 0.29) is 9.24 Å². The Hall–Kier alpha value is -1.07. The van der Waals surface area contributed by atoms with Crippen molar-refractivity contribution in [3.8, 4) is 0 Å². The van der Waals surface area contributed by atoms with Gasteiger partial charge in [-0.2, -0.15) is 4.31 Å². The molecule has 0 aliphatic carbocycles. The Morgan fingerprint density at radius 1 is 1.18 bits per heavy atom. The summed E-state index contributed by atoms with van der Waals surface area (Å²) < 4.78 is 55.3. The van der Waals surface area contributed by atoms with Gasteiger partial charge in [-0.1, -0.05) is 0 Å². The minimum Gasteiger partial charge on any atom is -0.379 e. The van der Waals surface area contributed by atoms with Crippen molar-refractivity contribution in [2.24, 2.45) is 0 Å². The van der Waals surface area contributed by atoms with Crippen LogP contribution in [-0.4, -0.2) is 58.7 Å². The molecule has 1 saturated heterocycles. The Kier molecular flexibility index (Phi) is 3.98. The Morgan fingerprint density at radius 2 is 1.86 bits per heavy atom. The second-order valence-corrected chi connectivity index (χ2v) is 10.1.